The number of thiocarbonyl (C=S) groups is 1. The number of halogens is 1. The molecule has 25 heavy (non-hydrogen) atoms. The second-order valence-corrected chi connectivity index (χ2v) is 6.90. The summed E-state index contributed by atoms with van der Waals surface area (Å²) in [7, 11) is 1.54. The Kier molecular flexibility index (Phi) is 5.35. The maximum atomic E-state index is 13.2. The van der Waals surface area contributed by atoms with Crippen molar-refractivity contribution in [2.24, 2.45) is 0 Å². The van der Waals surface area contributed by atoms with Gasteiger partial charge in [-0.25, -0.2) is 4.39 Å². The van der Waals surface area contributed by atoms with E-state index in [9.17, 15) is 9.18 Å². The van der Waals surface area contributed by atoms with Crippen molar-refractivity contribution < 1.29 is 18.7 Å². The van der Waals surface area contributed by atoms with Crippen LogP contribution in [0, 0.1) is 5.82 Å². The fraction of sp³-hybridized carbons (Fsp3) is 0.111. The maximum Gasteiger partial charge on any atom is 0.263 e. The Labute approximate surface area is 154 Å². The summed E-state index contributed by atoms with van der Waals surface area (Å²) in [5.74, 6) is 0.547. The van der Waals surface area contributed by atoms with E-state index in [1.165, 1.54) is 31.0 Å². The molecule has 0 atom stereocenters. The fourth-order valence-corrected chi connectivity index (χ4v) is 3.30. The number of methoxy groups -OCH3 is 1. The van der Waals surface area contributed by atoms with Crippen LogP contribution in [0.4, 0.5) is 4.39 Å². The van der Waals surface area contributed by atoms with E-state index in [-0.39, 0.29) is 18.3 Å². The number of hydrogen-bond donors (Lipinski definition) is 1. The summed E-state index contributed by atoms with van der Waals surface area (Å²) < 4.78 is 24.7. The maximum absolute atomic E-state index is 13.2. The molecule has 0 unspecified atom stereocenters. The van der Waals surface area contributed by atoms with Crippen LogP contribution in [0.5, 0.6) is 11.5 Å². The molecule has 1 saturated heterocycles. The molecule has 0 spiro atoms. The van der Waals surface area contributed by atoms with Crippen molar-refractivity contribution in [1.82, 2.24) is 5.32 Å². The molecule has 1 amide bonds. The molecule has 1 aliphatic rings. The Morgan fingerprint density at radius 2 is 2.08 bits per heavy atom. The summed E-state index contributed by atoms with van der Waals surface area (Å²) in [6.07, 6.45) is 1.73. The second-order valence-electron chi connectivity index (χ2n) is 5.18. The summed E-state index contributed by atoms with van der Waals surface area (Å²) in [6, 6.07) is 11.6. The zero-order chi connectivity index (χ0) is 17.8. The number of carbonyl (C=O) groups excluding carboxylic acids is 1. The van der Waals surface area contributed by atoms with Crippen molar-refractivity contribution in [3.8, 4) is 11.5 Å². The van der Waals surface area contributed by atoms with E-state index in [1.807, 2.05) is 6.07 Å². The quantitative estimate of drug-likeness (QED) is 0.634. The molecule has 128 valence electrons. The predicted octanol–water partition coefficient (Wildman–Crippen LogP) is 3.90. The van der Waals surface area contributed by atoms with Gasteiger partial charge in [0, 0.05) is 0 Å². The second kappa shape index (κ2) is 7.67. The minimum absolute atomic E-state index is 0.208. The summed E-state index contributed by atoms with van der Waals surface area (Å²) in [6.45, 7) is 0.223. The first-order valence-electron chi connectivity index (χ1n) is 7.35. The van der Waals surface area contributed by atoms with Crippen molar-refractivity contribution in [3.63, 3.8) is 0 Å². The molecule has 1 fully saturated rings. The highest BCUT2D eigenvalue weighted by molar-refractivity contribution is 8.26. The summed E-state index contributed by atoms with van der Waals surface area (Å²) in [4.78, 5) is 12.3. The lowest BCUT2D eigenvalue weighted by atomic mass is 10.2. The number of rotatable bonds is 5. The van der Waals surface area contributed by atoms with Gasteiger partial charge in [0.2, 0.25) is 0 Å². The Morgan fingerprint density at radius 3 is 2.76 bits per heavy atom. The lowest BCUT2D eigenvalue weighted by Gasteiger charge is -2.11. The highest BCUT2D eigenvalue weighted by Crippen LogP contribution is 2.32. The molecule has 0 saturated carbocycles. The van der Waals surface area contributed by atoms with Gasteiger partial charge in [-0.2, -0.15) is 0 Å². The molecule has 2 aromatic rings. The number of thioether (sulfide) groups is 1. The molecule has 7 heteroatoms. The van der Waals surface area contributed by atoms with E-state index in [4.69, 9.17) is 21.7 Å². The van der Waals surface area contributed by atoms with Crippen LogP contribution in [0.15, 0.2) is 47.4 Å². The first-order valence-corrected chi connectivity index (χ1v) is 8.58. The average Bonchev–Trinajstić information content (AvgIpc) is 2.91. The van der Waals surface area contributed by atoms with Gasteiger partial charge >= 0.3 is 0 Å². The third-order valence-corrected chi connectivity index (χ3v) is 4.57. The van der Waals surface area contributed by atoms with Crippen LogP contribution in [0.2, 0.25) is 0 Å². The van der Waals surface area contributed by atoms with Gasteiger partial charge in [0.1, 0.15) is 16.7 Å². The number of amides is 1. The zero-order valence-corrected chi connectivity index (χ0v) is 14.9. The number of nitrogens with one attached hydrogen (secondary N) is 1. The Balaban J connectivity index is 1.77. The first-order chi connectivity index (χ1) is 12.0. The molecule has 1 N–H and O–H groups in total. The van der Waals surface area contributed by atoms with Crippen LogP contribution in [-0.4, -0.2) is 17.3 Å². The third-order valence-electron chi connectivity index (χ3n) is 3.41. The number of carbonyl (C=O) groups is 1. The fourth-order valence-electron chi connectivity index (χ4n) is 2.25. The first kappa shape index (κ1) is 17.4. The van der Waals surface area contributed by atoms with Gasteiger partial charge in [-0.15, -0.1) is 0 Å². The highest BCUT2D eigenvalue weighted by atomic mass is 32.2. The van der Waals surface area contributed by atoms with Crippen LogP contribution < -0.4 is 14.8 Å². The molecule has 2 aromatic carbocycles. The number of benzene rings is 2. The molecule has 4 nitrogen and oxygen atoms in total. The van der Waals surface area contributed by atoms with Gasteiger partial charge in [0.05, 0.1) is 12.0 Å². The lowest BCUT2D eigenvalue weighted by molar-refractivity contribution is -0.115. The Morgan fingerprint density at radius 1 is 1.24 bits per heavy atom. The topological polar surface area (TPSA) is 47.6 Å². The molecular formula is C18H14FNO3S2. The largest absolute Gasteiger partial charge is 0.493 e. The minimum Gasteiger partial charge on any atom is -0.493 e. The minimum atomic E-state index is -0.305. The standard InChI is InChI=1S/C18H14FNO3S2/c1-22-15-8-11(9-16-17(21)20-18(24)25-16)5-6-14(15)23-10-12-3-2-4-13(19)7-12/h2-9H,10H2,1H3,(H,20,21,24). The lowest BCUT2D eigenvalue weighted by Crippen LogP contribution is -2.17. The van der Waals surface area contributed by atoms with Gasteiger partial charge in [-0.3, -0.25) is 4.79 Å². The van der Waals surface area contributed by atoms with Crippen molar-refractivity contribution in [2.45, 2.75) is 6.61 Å². The highest BCUT2D eigenvalue weighted by Gasteiger charge is 2.22. The smallest absolute Gasteiger partial charge is 0.263 e. The molecule has 1 aliphatic heterocycles. The average molecular weight is 375 g/mol. The van der Waals surface area contributed by atoms with Crippen molar-refractivity contribution >= 4 is 40.3 Å². The summed E-state index contributed by atoms with van der Waals surface area (Å²) in [5.41, 5.74) is 1.51. The molecular weight excluding hydrogens is 361 g/mol. The summed E-state index contributed by atoms with van der Waals surface area (Å²) >= 11 is 6.19. The molecule has 0 aromatic heterocycles. The molecule has 1 heterocycles. The third kappa shape index (κ3) is 4.37. The number of ether oxygens (including phenoxy) is 2. The SMILES string of the molecule is COc1cc(C=C2SC(=S)NC2=O)ccc1OCc1cccc(F)c1. The van der Waals surface area contributed by atoms with Crippen LogP contribution in [0.25, 0.3) is 6.08 Å². The van der Waals surface area contributed by atoms with E-state index < -0.39 is 0 Å². The molecule has 3 rings (SSSR count). The monoisotopic (exact) mass is 375 g/mol. The van der Waals surface area contributed by atoms with E-state index >= 15 is 0 Å². The molecule has 0 aliphatic carbocycles. The molecule has 0 radical (unpaired) electrons. The van der Waals surface area contributed by atoms with Crippen LogP contribution in [-0.2, 0) is 11.4 Å². The Bertz CT molecular complexity index is 867. The van der Waals surface area contributed by atoms with Gasteiger partial charge in [0.25, 0.3) is 5.91 Å². The van der Waals surface area contributed by atoms with Crippen LogP contribution >= 0.6 is 24.0 Å². The van der Waals surface area contributed by atoms with Crippen molar-refractivity contribution in [1.29, 1.82) is 0 Å². The van der Waals surface area contributed by atoms with Gasteiger partial charge < -0.3 is 14.8 Å². The van der Waals surface area contributed by atoms with Gasteiger partial charge in [-0.1, -0.05) is 42.2 Å². The van der Waals surface area contributed by atoms with Crippen molar-refractivity contribution in [2.75, 3.05) is 7.11 Å². The zero-order valence-electron chi connectivity index (χ0n) is 13.2. The molecule has 0 bridgehead atoms. The van der Waals surface area contributed by atoms with Crippen LogP contribution in [0.1, 0.15) is 11.1 Å². The van der Waals surface area contributed by atoms with E-state index in [2.05, 4.69) is 5.32 Å². The van der Waals surface area contributed by atoms with E-state index in [0.29, 0.717) is 20.7 Å². The van der Waals surface area contributed by atoms with Crippen molar-refractivity contribution in [3.05, 3.63) is 64.3 Å². The number of hydrogen-bond acceptors (Lipinski definition) is 5. The van der Waals surface area contributed by atoms with E-state index in [1.54, 1.807) is 30.3 Å². The van der Waals surface area contributed by atoms with Crippen LogP contribution in [0.3, 0.4) is 0 Å². The summed E-state index contributed by atoms with van der Waals surface area (Å²) in [5, 5.41) is 2.57. The normalized spacial score (nSPS) is 15.4. The van der Waals surface area contributed by atoms with Gasteiger partial charge in [-0.05, 0) is 41.5 Å². The van der Waals surface area contributed by atoms with Gasteiger partial charge in [0.15, 0.2) is 11.5 Å². The predicted molar refractivity (Wildman–Crippen MR) is 100 cm³/mol. The van der Waals surface area contributed by atoms with E-state index in [0.717, 1.165) is 11.1 Å². The Hall–Kier alpha value is -2.38.